The number of sulfonamides is 1. The molecule has 0 fully saturated rings. The zero-order valence-electron chi connectivity index (χ0n) is 18.3. The average Bonchev–Trinajstić information content (AvgIpc) is 3.23. The number of primary sulfonamides is 1. The number of aromatic nitrogens is 2. The highest BCUT2D eigenvalue weighted by molar-refractivity contribution is 7.89. The Morgan fingerprint density at radius 3 is 2.45 bits per heavy atom. The van der Waals surface area contributed by atoms with Crippen molar-refractivity contribution in [2.75, 3.05) is 0 Å². The minimum Gasteiger partial charge on any atom is -0.348 e. The van der Waals surface area contributed by atoms with Crippen LogP contribution in [0.5, 0.6) is 0 Å². The van der Waals surface area contributed by atoms with Crippen LogP contribution in [0.25, 0.3) is 16.9 Å². The number of nitrogens with two attached hydrogens (primary N) is 1. The molecule has 33 heavy (non-hydrogen) atoms. The minimum atomic E-state index is -3.82. The van der Waals surface area contributed by atoms with Gasteiger partial charge in [0.05, 0.1) is 16.1 Å². The highest BCUT2D eigenvalue weighted by Crippen LogP contribution is 2.27. The van der Waals surface area contributed by atoms with Crippen LogP contribution in [0.3, 0.4) is 0 Å². The Labute approximate surface area is 192 Å². The highest BCUT2D eigenvalue weighted by atomic mass is 32.2. The van der Waals surface area contributed by atoms with Crippen molar-refractivity contribution in [2.45, 2.75) is 25.3 Å². The van der Waals surface area contributed by atoms with E-state index in [1.807, 2.05) is 56.3 Å². The molecule has 0 saturated carbocycles. The summed E-state index contributed by atoms with van der Waals surface area (Å²) >= 11 is 0. The lowest BCUT2D eigenvalue weighted by atomic mass is 10.0. The largest absolute Gasteiger partial charge is 0.348 e. The third kappa shape index (κ3) is 5.02. The topological polar surface area (TPSA) is 107 Å². The van der Waals surface area contributed by atoms with Gasteiger partial charge in [-0.05, 0) is 49.2 Å². The molecule has 0 atom stereocenters. The molecule has 8 heteroatoms. The molecular formula is C25H24N4O3S. The summed E-state index contributed by atoms with van der Waals surface area (Å²) in [6.45, 7) is 4.15. The van der Waals surface area contributed by atoms with E-state index in [4.69, 9.17) is 10.2 Å². The van der Waals surface area contributed by atoms with Gasteiger partial charge < -0.3 is 5.32 Å². The molecule has 1 amide bonds. The molecule has 0 aliphatic rings. The normalized spacial score (nSPS) is 11.4. The van der Waals surface area contributed by atoms with Gasteiger partial charge in [-0.25, -0.2) is 18.2 Å². The van der Waals surface area contributed by atoms with Crippen LogP contribution in [0.2, 0.25) is 0 Å². The van der Waals surface area contributed by atoms with Crippen LogP contribution in [0.4, 0.5) is 0 Å². The number of carbonyl (C=O) groups is 1. The molecule has 0 radical (unpaired) electrons. The molecule has 1 aromatic heterocycles. The molecular weight excluding hydrogens is 436 g/mol. The van der Waals surface area contributed by atoms with Crippen molar-refractivity contribution in [2.24, 2.45) is 5.14 Å². The lowest BCUT2D eigenvalue weighted by molar-refractivity contribution is 0.0951. The quantitative estimate of drug-likeness (QED) is 0.457. The first-order valence-corrected chi connectivity index (χ1v) is 11.9. The van der Waals surface area contributed by atoms with Crippen molar-refractivity contribution in [1.29, 1.82) is 0 Å². The van der Waals surface area contributed by atoms with Crippen LogP contribution < -0.4 is 10.5 Å². The van der Waals surface area contributed by atoms with Gasteiger partial charge in [0.15, 0.2) is 0 Å². The summed E-state index contributed by atoms with van der Waals surface area (Å²) in [4.78, 5) is 13.2. The summed E-state index contributed by atoms with van der Waals surface area (Å²) in [6, 6.07) is 21.8. The van der Waals surface area contributed by atoms with Gasteiger partial charge in [0.25, 0.3) is 5.91 Å². The van der Waals surface area contributed by atoms with Gasteiger partial charge in [-0.1, -0.05) is 54.1 Å². The second-order valence-corrected chi connectivity index (χ2v) is 9.43. The van der Waals surface area contributed by atoms with E-state index < -0.39 is 10.0 Å². The Morgan fingerprint density at radius 1 is 1.00 bits per heavy atom. The monoisotopic (exact) mass is 460 g/mol. The number of para-hydroxylation sites is 1. The van der Waals surface area contributed by atoms with Gasteiger partial charge in [0.2, 0.25) is 10.0 Å². The van der Waals surface area contributed by atoms with Crippen LogP contribution in [0.15, 0.2) is 83.9 Å². The number of hydrogen-bond donors (Lipinski definition) is 2. The molecule has 4 aromatic rings. The summed E-state index contributed by atoms with van der Waals surface area (Å²) < 4.78 is 24.9. The number of aryl methyl sites for hydroxylation is 2. The van der Waals surface area contributed by atoms with Crippen molar-refractivity contribution in [3.63, 3.8) is 0 Å². The van der Waals surface area contributed by atoms with E-state index in [1.165, 1.54) is 12.1 Å². The van der Waals surface area contributed by atoms with Gasteiger partial charge in [0, 0.05) is 18.3 Å². The van der Waals surface area contributed by atoms with E-state index in [-0.39, 0.29) is 17.3 Å². The predicted molar refractivity (Wildman–Crippen MR) is 127 cm³/mol. The Balaban J connectivity index is 1.68. The molecule has 0 unspecified atom stereocenters. The number of nitrogens with one attached hydrogen (secondary N) is 1. The molecule has 0 saturated heterocycles. The zero-order valence-corrected chi connectivity index (χ0v) is 19.1. The Morgan fingerprint density at radius 2 is 1.76 bits per heavy atom. The third-order valence-electron chi connectivity index (χ3n) is 5.30. The van der Waals surface area contributed by atoms with Gasteiger partial charge >= 0.3 is 0 Å². The van der Waals surface area contributed by atoms with Crippen molar-refractivity contribution in [3.8, 4) is 16.9 Å². The summed E-state index contributed by atoms with van der Waals surface area (Å²) in [5.41, 5.74) is 5.47. The second-order valence-electron chi connectivity index (χ2n) is 7.86. The predicted octanol–water partition coefficient (Wildman–Crippen LogP) is 3.73. The fourth-order valence-electron chi connectivity index (χ4n) is 3.64. The molecule has 3 N–H and O–H groups in total. The standard InChI is InChI=1S/C25H24N4O3S/c1-17-11-12-22(18(2)13-17)24-23(16-29(28-24)20-8-4-3-5-9-20)25(30)27-15-19-7-6-10-21(14-19)33(26,31)32/h3-14,16H,15H2,1-2H3,(H,27,30)(H2,26,31,32). The van der Waals surface area contributed by atoms with E-state index in [2.05, 4.69) is 11.4 Å². The maximum absolute atomic E-state index is 13.2. The summed E-state index contributed by atoms with van der Waals surface area (Å²) in [6.07, 6.45) is 1.71. The van der Waals surface area contributed by atoms with Gasteiger partial charge in [-0.3, -0.25) is 4.79 Å². The first kappa shape index (κ1) is 22.4. The van der Waals surface area contributed by atoms with Crippen molar-refractivity contribution in [3.05, 3.63) is 101 Å². The Bertz CT molecular complexity index is 1430. The third-order valence-corrected chi connectivity index (χ3v) is 6.21. The van der Waals surface area contributed by atoms with Crippen LogP contribution in [-0.4, -0.2) is 24.1 Å². The molecule has 3 aromatic carbocycles. The first-order chi connectivity index (χ1) is 15.7. The smallest absolute Gasteiger partial charge is 0.255 e. The molecule has 0 aliphatic heterocycles. The number of rotatable bonds is 6. The molecule has 4 rings (SSSR count). The van der Waals surface area contributed by atoms with Crippen LogP contribution in [0, 0.1) is 13.8 Å². The van der Waals surface area contributed by atoms with E-state index >= 15 is 0 Å². The highest BCUT2D eigenvalue weighted by Gasteiger charge is 2.20. The van der Waals surface area contributed by atoms with Crippen LogP contribution in [0.1, 0.15) is 27.0 Å². The lowest BCUT2D eigenvalue weighted by Crippen LogP contribution is -2.23. The number of benzene rings is 3. The van der Waals surface area contributed by atoms with Crippen LogP contribution >= 0.6 is 0 Å². The molecule has 0 spiro atoms. The lowest BCUT2D eigenvalue weighted by Gasteiger charge is -2.09. The fraction of sp³-hybridized carbons (Fsp3) is 0.120. The van der Waals surface area contributed by atoms with Crippen molar-refractivity contribution in [1.82, 2.24) is 15.1 Å². The molecule has 168 valence electrons. The summed E-state index contributed by atoms with van der Waals surface area (Å²) in [5, 5.41) is 12.8. The van der Waals surface area contributed by atoms with E-state index in [9.17, 15) is 13.2 Å². The molecule has 1 heterocycles. The van der Waals surface area contributed by atoms with E-state index in [1.54, 1.807) is 23.0 Å². The number of amides is 1. The molecule has 0 bridgehead atoms. The number of nitrogens with zero attached hydrogens (tertiary/aromatic N) is 2. The van der Waals surface area contributed by atoms with Crippen molar-refractivity contribution < 1.29 is 13.2 Å². The van der Waals surface area contributed by atoms with Gasteiger partial charge in [-0.2, -0.15) is 5.10 Å². The SMILES string of the molecule is Cc1ccc(-c2nn(-c3ccccc3)cc2C(=O)NCc2cccc(S(N)(=O)=O)c2)c(C)c1. The van der Waals surface area contributed by atoms with E-state index in [0.717, 1.165) is 22.4 Å². The van der Waals surface area contributed by atoms with Gasteiger partial charge in [0.1, 0.15) is 5.69 Å². The minimum absolute atomic E-state index is 0.00196. The fourth-order valence-corrected chi connectivity index (χ4v) is 4.23. The van der Waals surface area contributed by atoms with E-state index in [0.29, 0.717) is 16.8 Å². The zero-order chi connectivity index (χ0) is 23.6. The molecule has 7 nitrogen and oxygen atoms in total. The maximum atomic E-state index is 13.2. The average molecular weight is 461 g/mol. The Kier molecular flexibility index (Phi) is 6.13. The van der Waals surface area contributed by atoms with Crippen molar-refractivity contribution >= 4 is 15.9 Å². The van der Waals surface area contributed by atoms with Crippen LogP contribution in [-0.2, 0) is 16.6 Å². The molecule has 0 aliphatic carbocycles. The second kappa shape index (κ2) is 9.01. The summed E-state index contributed by atoms with van der Waals surface area (Å²) in [7, 11) is -3.82. The maximum Gasteiger partial charge on any atom is 0.255 e. The van der Waals surface area contributed by atoms with Gasteiger partial charge in [-0.15, -0.1) is 0 Å². The number of hydrogen-bond acceptors (Lipinski definition) is 4. The summed E-state index contributed by atoms with van der Waals surface area (Å²) in [5.74, 6) is -0.312. The first-order valence-electron chi connectivity index (χ1n) is 10.3. The Hall–Kier alpha value is -3.75. The number of carbonyl (C=O) groups excluding carboxylic acids is 1.